The van der Waals surface area contributed by atoms with Crippen LogP contribution in [0.15, 0.2) is 60.8 Å². The van der Waals surface area contributed by atoms with Crippen LogP contribution in [-0.2, 0) is 6.42 Å². The molecule has 2 N–H and O–H groups in total. The van der Waals surface area contributed by atoms with E-state index in [4.69, 9.17) is 0 Å². The van der Waals surface area contributed by atoms with Crippen molar-refractivity contribution in [2.24, 2.45) is 0 Å². The van der Waals surface area contributed by atoms with Gasteiger partial charge in [-0.15, -0.1) is 0 Å². The number of fused-ring (bicyclic) bond motifs is 2. The number of imidazole rings is 1. The molecule has 2 aromatic carbocycles. The van der Waals surface area contributed by atoms with Crippen LogP contribution < -0.4 is 5.32 Å². The first kappa shape index (κ1) is 15.3. The largest absolute Gasteiger partial charge is 0.352 e. The minimum absolute atomic E-state index is 0.0890. The van der Waals surface area contributed by atoms with Crippen LogP contribution in [0.3, 0.4) is 0 Å². The lowest BCUT2D eigenvalue weighted by atomic mass is 10.1. The Balaban J connectivity index is 1.37. The Labute approximate surface area is 145 Å². The van der Waals surface area contributed by atoms with E-state index in [2.05, 4.69) is 20.3 Å². The van der Waals surface area contributed by atoms with Gasteiger partial charge in [-0.1, -0.05) is 30.3 Å². The summed E-state index contributed by atoms with van der Waals surface area (Å²) in [6.07, 6.45) is 3.33. The van der Waals surface area contributed by atoms with Gasteiger partial charge in [-0.3, -0.25) is 9.78 Å². The van der Waals surface area contributed by atoms with Gasteiger partial charge in [-0.05, 0) is 30.7 Å². The number of pyridine rings is 1. The Kier molecular flexibility index (Phi) is 4.12. The Morgan fingerprint density at radius 3 is 2.84 bits per heavy atom. The molecular formula is C20H18N4O. The van der Waals surface area contributed by atoms with Gasteiger partial charge in [0.05, 0.1) is 22.1 Å². The zero-order valence-corrected chi connectivity index (χ0v) is 13.7. The summed E-state index contributed by atoms with van der Waals surface area (Å²) in [5, 5.41) is 3.94. The van der Waals surface area contributed by atoms with Crippen LogP contribution in [0.4, 0.5) is 0 Å². The summed E-state index contributed by atoms with van der Waals surface area (Å²) in [5.74, 6) is 0.858. The van der Waals surface area contributed by atoms with Crippen LogP contribution >= 0.6 is 0 Å². The summed E-state index contributed by atoms with van der Waals surface area (Å²) < 4.78 is 0. The number of hydrogen-bond acceptors (Lipinski definition) is 3. The fraction of sp³-hybridized carbons (Fsp3) is 0.150. The van der Waals surface area contributed by atoms with Gasteiger partial charge < -0.3 is 10.3 Å². The number of rotatable bonds is 5. The predicted molar refractivity (Wildman–Crippen MR) is 98.5 cm³/mol. The van der Waals surface area contributed by atoms with Crippen LogP contribution in [0, 0.1) is 0 Å². The van der Waals surface area contributed by atoms with Crippen LogP contribution in [0.1, 0.15) is 22.6 Å². The van der Waals surface area contributed by atoms with E-state index in [1.54, 1.807) is 6.20 Å². The van der Waals surface area contributed by atoms with Gasteiger partial charge in [0.2, 0.25) is 0 Å². The van der Waals surface area contributed by atoms with E-state index < -0.39 is 0 Å². The average molecular weight is 330 g/mol. The SMILES string of the molecule is O=C(NCCCc1nc2ccccc2[nH]1)c1cccc2cccnc12. The number of aromatic nitrogens is 3. The summed E-state index contributed by atoms with van der Waals surface area (Å²) in [6.45, 7) is 0.596. The van der Waals surface area contributed by atoms with E-state index in [9.17, 15) is 4.79 Å². The van der Waals surface area contributed by atoms with Crippen LogP contribution in [-0.4, -0.2) is 27.4 Å². The van der Waals surface area contributed by atoms with Crippen LogP contribution in [0.25, 0.3) is 21.9 Å². The third-order valence-corrected chi connectivity index (χ3v) is 4.19. The average Bonchev–Trinajstić information content (AvgIpc) is 3.07. The Hall–Kier alpha value is -3.21. The quantitative estimate of drug-likeness (QED) is 0.550. The second kappa shape index (κ2) is 6.73. The molecule has 0 saturated carbocycles. The molecule has 0 aliphatic rings. The number of nitrogens with zero attached hydrogens (tertiary/aromatic N) is 2. The van der Waals surface area contributed by atoms with Crippen LogP contribution in [0.5, 0.6) is 0 Å². The second-order valence-electron chi connectivity index (χ2n) is 5.94. The fourth-order valence-electron chi connectivity index (χ4n) is 2.96. The number of carbonyl (C=O) groups excluding carboxylic acids is 1. The molecule has 0 bridgehead atoms. The van der Waals surface area contributed by atoms with Gasteiger partial charge in [-0.25, -0.2) is 4.98 Å². The maximum absolute atomic E-state index is 12.4. The fourth-order valence-corrected chi connectivity index (χ4v) is 2.96. The first-order valence-corrected chi connectivity index (χ1v) is 8.37. The van der Waals surface area contributed by atoms with E-state index in [1.807, 2.05) is 54.6 Å². The third-order valence-electron chi connectivity index (χ3n) is 4.19. The summed E-state index contributed by atoms with van der Waals surface area (Å²) in [6, 6.07) is 17.5. The molecule has 0 aliphatic carbocycles. The van der Waals surface area contributed by atoms with E-state index in [-0.39, 0.29) is 5.91 Å². The molecule has 124 valence electrons. The molecule has 0 radical (unpaired) electrons. The normalized spacial score (nSPS) is 11.0. The van der Waals surface area contributed by atoms with Crippen molar-refractivity contribution < 1.29 is 4.79 Å². The lowest BCUT2D eigenvalue weighted by molar-refractivity contribution is 0.0954. The number of amides is 1. The van der Waals surface area contributed by atoms with E-state index in [1.165, 1.54) is 0 Å². The maximum atomic E-state index is 12.4. The predicted octanol–water partition coefficient (Wildman–Crippen LogP) is 3.47. The molecule has 0 atom stereocenters. The van der Waals surface area contributed by atoms with Crippen molar-refractivity contribution in [3.8, 4) is 0 Å². The smallest absolute Gasteiger partial charge is 0.253 e. The van der Waals surface area contributed by atoms with E-state index in [0.717, 1.165) is 40.6 Å². The molecule has 2 aromatic heterocycles. The van der Waals surface area contributed by atoms with Crippen molar-refractivity contribution in [1.82, 2.24) is 20.3 Å². The van der Waals surface area contributed by atoms with Crippen molar-refractivity contribution >= 4 is 27.8 Å². The molecule has 0 fully saturated rings. The molecule has 5 heteroatoms. The zero-order chi connectivity index (χ0) is 17.1. The highest BCUT2D eigenvalue weighted by atomic mass is 16.1. The van der Waals surface area contributed by atoms with Gasteiger partial charge in [0.1, 0.15) is 5.82 Å². The molecule has 0 saturated heterocycles. The molecule has 2 heterocycles. The Morgan fingerprint density at radius 2 is 1.92 bits per heavy atom. The number of nitrogens with one attached hydrogen (secondary N) is 2. The number of carbonyl (C=O) groups is 1. The molecule has 5 nitrogen and oxygen atoms in total. The molecule has 4 aromatic rings. The van der Waals surface area contributed by atoms with Crippen molar-refractivity contribution in [3.05, 3.63) is 72.2 Å². The van der Waals surface area contributed by atoms with Crippen molar-refractivity contribution in [2.75, 3.05) is 6.54 Å². The Bertz CT molecular complexity index is 1000. The van der Waals surface area contributed by atoms with Gasteiger partial charge in [-0.2, -0.15) is 0 Å². The number of aryl methyl sites for hydroxylation is 1. The Morgan fingerprint density at radius 1 is 1.04 bits per heavy atom. The minimum Gasteiger partial charge on any atom is -0.352 e. The molecule has 4 rings (SSSR count). The molecule has 0 spiro atoms. The van der Waals surface area contributed by atoms with Gasteiger partial charge in [0.15, 0.2) is 0 Å². The third kappa shape index (κ3) is 3.21. The van der Waals surface area contributed by atoms with Gasteiger partial charge >= 0.3 is 0 Å². The lowest BCUT2D eigenvalue weighted by Gasteiger charge is -2.07. The van der Waals surface area contributed by atoms with Crippen molar-refractivity contribution in [2.45, 2.75) is 12.8 Å². The highest BCUT2D eigenvalue weighted by molar-refractivity contribution is 6.05. The summed E-state index contributed by atoms with van der Waals surface area (Å²) in [5.41, 5.74) is 3.37. The summed E-state index contributed by atoms with van der Waals surface area (Å²) in [7, 11) is 0. The van der Waals surface area contributed by atoms with Gasteiger partial charge in [0.25, 0.3) is 5.91 Å². The first-order valence-electron chi connectivity index (χ1n) is 8.37. The minimum atomic E-state index is -0.0890. The number of benzene rings is 2. The number of aromatic amines is 1. The highest BCUT2D eigenvalue weighted by Crippen LogP contribution is 2.16. The second-order valence-corrected chi connectivity index (χ2v) is 5.94. The lowest BCUT2D eigenvalue weighted by Crippen LogP contribution is -2.25. The maximum Gasteiger partial charge on any atom is 0.253 e. The zero-order valence-electron chi connectivity index (χ0n) is 13.7. The molecule has 0 aliphatic heterocycles. The topological polar surface area (TPSA) is 70.7 Å². The molecule has 1 amide bonds. The first-order chi connectivity index (χ1) is 12.3. The number of hydrogen-bond donors (Lipinski definition) is 2. The van der Waals surface area contributed by atoms with Crippen molar-refractivity contribution in [3.63, 3.8) is 0 Å². The number of H-pyrrole nitrogens is 1. The standard InChI is InChI=1S/C20H18N4O/c25-20(15-8-3-6-14-7-4-12-21-19(14)15)22-13-5-11-18-23-16-9-1-2-10-17(16)24-18/h1-4,6-10,12H,5,11,13H2,(H,22,25)(H,23,24). The van der Waals surface area contributed by atoms with E-state index >= 15 is 0 Å². The van der Waals surface area contributed by atoms with Gasteiger partial charge in [0, 0.05) is 24.5 Å². The summed E-state index contributed by atoms with van der Waals surface area (Å²) >= 11 is 0. The molecule has 25 heavy (non-hydrogen) atoms. The van der Waals surface area contributed by atoms with E-state index in [0.29, 0.717) is 12.1 Å². The van der Waals surface area contributed by atoms with Crippen molar-refractivity contribution in [1.29, 1.82) is 0 Å². The monoisotopic (exact) mass is 330 g/mol. The molecular weight excluding hydrogens is 312 g/mol. The molecule has 0 unspecified atom stereocenters. The summed E-state index contributed by atoms with van der Waals surface area (Å²) in [4.78, 5) is 24.6. The van der Waals surface area contributed by atoms with Crippen LogP contribution in [0.2, 0.25) is 0 Å². The number of para-hydroxylation sites is 3. The highest BCUT2D eigenvalue weighted by Gasteiger charge is 2.10.